The summed E-state index contributed by atoms with van der Waals surface area (Å²) in [6, 6.07) is 1.81. The van der Waals surface area contributed by atoms with Gasteiger partial charge in [-0.05, 0) is 12.1 Å². The molecule has 31 heavy (non-hydrogen) atoms. The van der Waals surface area contributed by atoms with Crippen molar-refractivity contribution in [3.63, 3.8) is 0 Å². The van der Waals surface area contributed by atoms with Crippen molar-refractivity contribution in [2.45, 2.75) is 35.8 Å². The molecule has 1 aromatic rings. The van der Waals surface area contributed by atoms with E-state index in [4.69, 9.17) is 16.2 Å². The smallest absolute Gasteiger partial charge is 0.417 e. The Morgan fingerprint density at radius 1 is 1.29 bits per heavy atom. The number of guanidine groups is 2. The minimum atomic E-state index is -4.83. The molecule has 4 atom stereocenters. The average molecular weight is 444 g/mol. The predicted octanol–water partition coefficient (Wildman–Crippen LogP) is -2.10. The van der Waals surface area contributed by atoms with Gasteiger partial charge >= 0.3 is 12.1 Å². The van der Waals surface area contributed by atoms with Crippen LogP contribution < -0.4 is 16.8 Å². The summed E-state index contributed by atoms with van der Waals surface area (Å²) in [4.78, 5) is 21.8. The van der Waals surface area contributed by atoms with E-state index in [0.717, 1.165) is 17.0 Å². The Balaban J connectivity index is 1.69. The number of esters is 1. The van der Waals surface area contributed by atoms with Crippen molar-refractivity contribution in [2.75, 3.05) is 13.2 Å². The van der Waals surface area contributed by atoms with Gasteiger partial charge in [0, 0.05) is 0 Å². The van der Waals surface area contributed by atoms with Crippen LogP contribution in [-0.4, -0.2) is 80.9 Å². The molecule has 168 valence electrons. The molecule has 0 amide bonds. The number of nitrogens with one attached hydrogen (secondary N) is 1. The lowest BCUT2D eigenvalue weighted by molar-refractivity contribution is -0.257. The van der Waals surface area contributed by atoms with Crippen LogP contribution in [0.3, 0.4) is 0 Å². The molecular formula is C17H19F3N6O5. The Kier molecular flexibility index (Phi) is 4.57. The molecule has 0 radical (unpaired) electrons. The molecular weight excluding hydrogens is 425 g/mol. The van der Waals surface area contributed by atoms with Crippen LogP contribution in [0, 0.1) is 0 Å². The molecule has 14 heteroatoms. The van der Waals surface area contributed by atoms with Gasteiger partial charge in [0.2, 0.25) is 5.79 Å². The number of carbonyl (C=O) groups excluding carboxylic acids is 1. The van der Waals surface area contributed by atoms with E-state index in [1.54, 1.807) is 0 Å². The van der Waals surface area contributed by atoms with E-state index >= 15 is 0 Å². The van der Waals surface area contributed by atoms with E-state index in [1.807, 2.05) is 0 Å². The first-order chi connectivity index (χ1) is 14.4. The topological polar surface area (TPSA) is 179 Å². The van der Waals surface area contributed by atoms with Gasteiger partial charge in [0.05, 0.1) is 24.3 Å². The molecule has 1 spiro atoms. The van der Waals surface area contributed by atoms with Crippen molar-refractivity contribution in [2.24, 2.45) is 21.5 Å². The highest BCUT2D eigenvalue weighted by molar-refractivity contribution is 5.92. The third-order valence-electron chi connectivity index (χ3n) is 5.64. The molecule has 8 N–H and O–H groups in total. The normalized spacial score (nSPS) is 31.3. The molecule has 0 aromatic heterocycles. The minimum absolute atomic E-state index is 0.208. The zero-order valence-corrected chi connectivity index (χ0v) is 15.7. The number of nitrogens with zero attached hydrogens (tertiary/aromatic N) is 3. The quantitative estimate of drug-likeness (QED) is 0.225. The zero-order valence-electron chi connectivity index (χ0n) is 15.7. The van der Waals surface area contributed by atoms with Crippen LogP contribution in [0.15, 0.2) is 34.3 Å². The van der Waals surface area contributed by atoms with E-state index in [9.17, 15) is 33.3 Å². The fourth-order valence-electron chi connectivity index (χ4n) is 4.27. The largest absolute Gasteiger partial charge is 0.451 e. The number of carbonyl (C=O) groups is 1. The molecule has 0 aliphatic carbocycles. The second-order valence-electron chi connectivity index (χ2n) is 7.36. The standard InChI is InChI=1S/C17H19F3N6O5/c18-17(19,20)8-4-2-1-3-7(8)12(28)31-10-5-26-14(22)23-9(6-27)11-15(26,16(10,29)30)25-13(21)24-11/h1-4,9-11,27,29-30H,5-6H2,(H2,22,23)(H3,21,24,25)/t9-,10-,11?,15?/m0/s1. The molecule has 4 rings (SSSR count). The summed E-state index contributed by atoms with van der Waals surface area (Å²) >= 11 is 0. The highest BCUT2D eigenvalue weighted by atomic mass is 19.4. The first-order valence-electron chi connectivity index (χ1n) is 9.08. The molecule has 3 aliphatic rings. The number of hydrogen-bond donors (Lipinski definition) is 6. The summed E-state index contributed by atoms with van der Waals surface area (Å²) < 4.78 is 44.9. The molecule has 1 fully saturated rings. The van der Waals surface area contributed by atoms with E-state index in [-0.39, 0.29) is 11.9 Å². The van der Waals surface area contributed by atoms with Crippen LogP contribution in [0.4, 0.5) is 13.2 Å². The minimum Gasteiger partial charge on any atom is -0.451 e. The summed E-state index contributed by atoms with van der Waals surface area (Å²) in [5, 5.41) is 34.3. The molecule has 3 aliphatic heterocycles. The molecule has 2 unspecified atom stereocenters. The van der Waals surface area contributed by atoms with Gasteiger partial charge in [-0.15, -0.1) is 0 Å². The summed E-state index contributed by atoms with van der Waals surface area (Å²) in [7, 11) is 0. The Morgan fingerprint density at radius 3 is 2.61 bits per heavy atom. The van der Waals surface area contributed by atoms with Crippen LogP contribution in [0.25, 0.3) is 0 Å². The molecule has 11 nitrogen and oxygen atoms in total. The van der Waals surface area contributed by atoms with E-state index in [1.165, 1.54) is 6.07 Å². The first-order valence-corrected chi connectivity index (χ1v) is 9.08. The summed E-state index contributed by atoms with van der Waals surface area (Å²) in [5.41, 5.74) is 7.64. The van der Waals surface area contributed by atoms with Crippen LogP contribution >= 0.6 is 0 Å². The highest BCUT2D eigenvalue weighted by Crippen LogP contribution is 2.46. The Hall–Kier alpha value is -3.10. The van der Waals surface area contributed by atoms with Crippen molar-refractivity contribution in [1.82, 2.24) is 10.2 Å². The van der Waals surface area contributed by atoms with Gasteiger partial charge < -0.3 is 41.7 Å². The van der Waals surface area contributed by atoms with Crippen LogP contribution in [0.5, 0.6) is 0 Å². The first kappa shape index (κ1) is 21.1. The lowest BCUT2D eigenvalue weighted by Gasteiger charge is -2.48. The van der Waals surface area contributed by atoms with Crippen molar-refractivity contribution >= 4 is 17.9 Å². The number of benzene rings is 1. The maximum absolute atomic E-state index is 13.3. The number of aliphatic imine (C=N–C) groups is 2. The summed E-state index contributed by atoms with van der Waals surface area (Å²) in [5.74, 6) is -4.77. The van der Waals surface area contributed by atoms with Gasteiger partial charge in [-0.3, -0.25) is 0 Å². The van der Waals surface area contributed by atoms with Crippen LogP contribution in [-0.2, 0) is 10.9 Å². The third-order valence-corrected chi connectivity index (χ3v) is 5.64. The van der Waals surface area contributed by atoms with Gasteiger partial charge in [-0.1, -0.05) is 12.1 Å². The maximum atomic E-state index is 13.3. The summed E-state index contributed by atoms with van der Waals surface area (Å²) in [6.07, 6.45) is -6.59. The predicted molar refractivity (Wildman–Crippen MR) is 98.3 cm³/mol. The summed E-state index contributed by atoms with van der Waals surface area (Å²) in [6.45, 7) is -0.994. The van der Waals surface area contributed by atoms with Gasteiger partial charge in [-0.25, -0.2) is 14.8 Å². The SMILES string of the molecule is NC1=NC2[C@H](CO)N=C(N)N3C[C@H](OC(=O)c4ccccc4C(F)(F)F)C(O)(O)C23N1. The Bertz CT molecular complexity index is 983. The number of rotatable bonds is 3. The van der Waals surface area contributed by atoms with Crippen LogP contribution in [0.2, 0.25) is 0 Å². The van der Waals surface area contributed by atoms with E-state index in [0.29, 0.717) is 6.07 Å². The van der Waals surface area contributed by atoms with Crippen molar-refractivity contribution in [3.05, 3.63) is 35.4 Å². The van der Waals surface area contributed by atoms with E-state index in [2.05, 4.69) is 15.3 Å². The molecule has 0 saturated carbocycles. The Morgan fingerprint density at radius 2 is 1.97 bits per heavy atom. The molecule has 1 saturated heterocycles. The third kappa shape index (κ3) is 2.90. The van der Waals surface area contributed by atoms with E-state index < -0.39 is 66.1 Å². The van der Waals surface area contributed by atoms with Gasteiger partial charge in [0.1, 0.15) is 12.1 Å². The zero-order chi connectivity index (χ0) is 22.8. The van der Waals surface area contributed by atoms with Crippen molar-refractivity contribution in [3.8, 4) is 0 Å². The number of aliphatic hydroxyl groups excluding tert-OH is 1. The number of halogens is 3. The number of ether oxygens (including phenoxy) is 1. The average Bonchev–Trinajstić information content (AvgIpc) is 3.16. The fraction of sp³-hybridized carbons (Fsp3) is 0.471. The number of hydrogen-bond acceptors (Lipinski definition) is 11. The monoisotopic (exact) mass is 444 g/mol. The van der Waals surface area contributed by atoms with Crippen molar-refractivity contribution in [1.29, 1.82) is 0 Å². The molecule has 3 heterocycles. The second-order valence-corrected chi connectivity index (χ2v) is 7.36. The fourth-order valence-corrected chi connectivity index (χ4v) is 4.27. The number of nitrogens with two attached hydrogens (primary N) is 2. The van der Waals surface area contributed by atoms with Gasteiger partial charge in [0.15, 0.2) is 23.7 Å². The number of aliphatic hydroxyl groups is 3. The van der Waals surface area contributed by atoms with Crippen molar-refractivity contribution < 1.29 is 38.0 Å². The molecule has 0 bridgehead atoms. The lowest BCUT2D eigenvalue weighted by atomic mass is 9.86. The molecule has 1 aromatic carbocycles. The Labute approximate surface area is 172 Å². The maximum Gasteiger partial charge on any atom is 0.417 e. The highest BCUT2D eigenvalue weighted by Gasteiger charge is 2.74. The lowest BCUT2D eigenvalue weighted by Crippen LogP contribution is -2.77. The van der Waals surface area contributed by atoms with Crippen LogP contribution in [0.1, 0.15) is 15.9 Å². The van der Waals surface area contributed by atoms with Gasteiger partial charge in [0.25, 0.3) is 0 Å². The van der Waals surface area contributed by atoms with Gasteiger partial charge in [-0.2, -0.15) is 13.2 Å². The number of alkyl halides is 3. The second kappa shape index (κ2) is 6.70.